The third-order valence-corrected chi connectivity index (χ3v) is 4.44. The Morgan fingerprint density at radius 2 is 2.32 bits per heavy atom. The summed E-state index contributed by atoms with van der Waals surface area (Å²) in [5, 5.41) is 13.1. The average Bonchev–Trinajstić information content (AvgIpc) is 3.03. The number of hydrogen-bond donors (Lipinski definition) is 2. The predicted octanol–water partition coefficient (Wildman–Crippen LogP) is 2.43. The van der Waals surface area contributed by atoms with E-state index in [-0.39, 0.29) is 6.10 Å². The van der Waals surface area contributed by atoms with Gasteiger partial charge >= 0.3 is 0 Å². The van der Waals surface area contributed by atoms with E-state index in [1.54, 1.807) is 0 Å². The van der Waals surface area contributed by atoms with Crippen molar-refractivity contribution in [2.45, 2.75) is 44.8 Å². The van der Waals surface area contributed by atoms with Crippen LogP contribution in [0.15, 0.2) is 18.2 Å². The minimum Gasteiger partial charge on any atom is -0.493 e. The van der Waals surface area contributed by atoms with Crippen molar-refractivity contribution >= 4 is 0 Å². The molecule has 19 heavy (non-hydrogen) atoms. The van der Waals surface area contributed by atoms with Crippen LogP contribution in [0.25, 0.3) is 0 Å². The minimum atomic E-state index is -0.0701. The van der Waals surface area contributed by atoms with Crippen LogP contribution in [-0.4, -0.2) is 24.4 Å². The van der Waals surface area contributed by atoms with Gasteiger partial charge in [-0.3, -0.25) is 0 Å². The van der Waals surface area contributed by atoms with E-state index in [4.69, 9.17) is 4.74 Å². The zero-order valence-corrected chi connectivity index (χ0v) is 11.6. The molecular weight excluding hydrogens is 238 g/mol. The van der Waals surface area contributed by atoms with Gasteiger partial charge < -0.3 is 15.2 Å². The van der Waals surface area contributed by atoms with E-state index in [1.165, 1.54) is 11.1 Å². The number of aliphatic hydroxyl groups is 1. The summed E-state index contributed by atoms with van der Waals surface area (Å²) >= 11 is 0. The Labute approximate surface area is 115 Å². The van der Waals surface area contributed by atoms with Crippen molar-refractivity contribution in [1.82, 2.24) is 5.32 Å². The molecule has 0 aromatic heterocycles. The molecule has 3 unspecified atom stereocenters. The topological polar surface area (TPSA) is 41.5 Å². The third kappa shape index (κ3) is 2.93. The number of hydrogen-bond acceptors (Lipinski definition) is 3. The molecule has 0 amide bonds. The highest BCUT2D eigenvalue weighted by molar-refractivity contribution is 5.40. The molecule has 1 aromatic rings. The highest BCUT2D eigenvalue weighted by Crippen LogP contribution is 2.29. The van der Waals surface area contributed by atoms with Gasteiger partial charge in [0, 0.05) is 12.5 Å². The lowest BCUT2D eigenvalue weighted by atomic mass is 10.0. The zero-order valence-electron chi connectivity index (χ0n) is 11.6. The first kappa shape index (κ1) is 12.9. The summed E-state index contributed by atoms with van der Waals surface area (Å²) in [5.41, 5.74) is 2.67. The molecule has 1 fully saturated rings. The van der Waals surface area contributed by atoms with Gasteiger partial charge in [-0.1, -0.05) is 12.1 Å². The van der Waals surface area contributed by atoms with Crippen molar-refractivity contribution < 1.29 is 9.84 Å². The predicted molar refractivity (Wildman–Crippen MR) is 75.4 cm³/mol. The highest BCUT2D eigenvalue weighted by atomic mass is 16.5. The average molecular weight is 261 g/mol. The van der Waals surface area contributed by atoms with Gasteiger partial charge in [-0.2, -0.15) is 0 Å². The molecule has 0 spiro atoms. The SMILES string of the molecule is CC(NCC1CCC(O)C1)c1ccc2c(c1)CCO2. The number of fused-ring (bicyclic) bond motifs is 1. The molecule has 1 saturated carbocycles. The van der Waals surface area contributed by atoms with Gasteiger partial charge in [0.25, 0.3) is 0 Å². The van der Waals surface area contributed by atoms with Crippen LogP contribution in [0.4, 0.5) is 0 Å². The van der Waals surface area contributed by atoms with Crippen LogP contribution in [0.3, 0.4) is 0 Å². The second kappa shape index (κ2) is 5.51. The highest BCUT2D eigenvalue weighted by Gasteiger charge is 2.23. The van der Waals surface area contributed by atoms with Crippen LogP contribution in [0, 0.1) is 5.92 Å². The zero-order chi connectivity index (χ0) is 13.2. The van der Waals surface area contributed by atoms with Gasteiger partial charge in [0.05, 0.1) is 12.7 Å². The molecule has 1 heterocycles. The summed E-state index contributed by atoms with van der Waals surface area (Å²) in [5.74, 6) is 1.69. The summed E-state index contributed by atoms with van der Waals surface area (Å²) in [7, 11) is 0. The minimum absolute atomic E-state index is 0.0701. The Hall–Kier alpha value is -1.06. The van der Waals surface area contributed by atoms with Crippen molar-refractivity contribution in [2.75, 3.05) is 13.2 Å². The van der Waals surface area contributed by atoms with Crippen molar-refractivity contribution in [3.63, 3.8) is 0 Å². The van der Waals surface area contributed by atoms with Crippen molar-refractivity contribution in [1.29, 1.82) is 0 Å². The summed E-state index contributed by atoms with van der Waals surface area (Å²) in [6.45, 7) is 4.04. The van der Waals surface area contributed by atoms with Gasteiger partial charge in [0.2, 0.25) is 0 Å². The molecule has 104 valence electrons. The van der Waals surface area contributed by atoms with E-state index in [9.17, 15) is 5.11 Å². The first-order valence-corrected chi connectivity index (χ1v) is 7.39. The summed E-state index contributed by atoms with van der Waals surface area (Å²) < 4.78 is 5.54. The van der Waals surface area contributed by atoms with E-state index in [0.717, 1.165) is 44.6 Å². The number of rotatable bonds is 4. The maximum Gasteiger partial charge on any atom is 0.122 e. The van der Waals surface area contributed by atoms with Gasteiger partial charge in [-0.25, -0.2) is 0 Å². The fraction of sp³-hybridized carbons (Fsp3) is 0.625. The van der Waals surface area contributed by atoms with Gasteiger partial charge in [-0.15, -0.1) is 0 Å². The van der Waals surface area contributed by atoms with E-state index < -0.39 is 0 Å². The standard InChI is InChI=1S/C16H23NO2/c1-11(17-10-12-2-4-15(18)8-12)13-3-5-16-14(9-13)6-7-19-16/h3,5,9,11-12,15,17-18H,2,4,6-8,10H2,1H3. The Kier molecular flexibility index (Phi) is 3.76. The molecule has 3 atom stereocenters. The summed E-state index contributed by atoms with van der Waals surface area (Å²) in [4.78, 5) is 0. The lowest BCUT2D eigenvalue weighted by Crippen LogP contribution is -2.25. The number of nitrogens with one attached hydrogen (secondary N) is 1. The van der Waals surface area contributed by atoms with Crippen LogP contribution >= 0.6 is 0 Å². The summed E-state index contributed by atoms with van der Waals surface area (Å²) in [6.07, 6.45) is 4.04. The van der Waals surface area contributed by atoms with Gasteiger partial charge in [0.15, 0.2) is 0 Å². The molecule has 1 aliphatic carbocycles. The second-order valence-electron chi connectivity index (χ2n) is 5.93. The molecule has 3 rings (SSSR count). The monoisotopic (exact) mass is 261 g/mol. The Morgan fingerprint density at radius 1 is 1.42 bits per heavy atom. The molecule has 1 aromatic carbocycles. The largest absolute Gasteiger partial charge is 0.493 e. The number of aliphatic hydroxyl groups excluding tert-OH is 1. The molecular formula is C16H23NO2. The van der Waals surface area contributed by atoms with Crippen molar-refractivity contribution in [3.05, 3.63) is 29.3 Å². The van der Waals surface area contributed by atoms with Crippen LogP contribution in [-0.2, 0) is 6.42 Å². The molecule has 2 aliphatic rings. The Bertz CT molecular complexity index is 446. The summed E-state index contributed by atoms with van der Waals surface area (Å²) in [6, 6.07) is 6.88. The molecule has 0 saturated heterocycles. The molecule has 3 nitrogen and oxygen atoms in total. The maximum absolute atomic E-state index is 9.55. The maximum atomic E-state index is 9.55. The second-order valence-corrected chi connectivity index (χ2v) is 5.93. The molecule has 0 radical (unpaired) electrons. The Balaban J connectivity index is 1.56. The molecule has 0 bridgehead atoms. The molecule has 1 aliphatic heterocycles. The van der Waals surface area contributed by atoms with E-state index in [1.807, 2.05) is 0 Å². The smallest absolute Gasteiger partial charge is 0.122 e. The van der Waals surface area contributed by atoms with Crippen LogP contribution in [0.2, 0.25) is 0 Å². The van der Waals surface area contributed by atoms with Crippen molar-refractivity contribution in [3.8, 4) is 5.75 Å². The van der Waals surface area contributed by atoms with Gasteiger partial charge in [-0.05, 0) is 55.8 Å². The fourth-order valence-corrected chi connectivity index (χ4v) is 3.17. The van der Waals surface area contributed by atoms with Crippen LogP contribution in [0.5, 0.6) is 5.75 Å². The lowest BCUT2D eigenvalue weighted by Gasteiger charge is -2.18. The number of ether oxygens (including phenoxy) is 1. The third-order valence-electron chi connectivity index (χ3n) is 4.44. The number of benzene rings is 1. The first-order chi connectivity index (χ1) is 9.22. The van der Waals surface area contributed by atoms with Crippen LogP contribution < -0.4 is 10.1 Å². The normalized spacial score (nSPS) is 27.1. The first-order valence-electron chi connectivity index (χ1n) is 7.39. The molecule has 3 heteroatoms. The van der Waals surface area contributed by atoms with Gasteiger partial charge in [0.1, 0.15) is 5.75 Å². The van der Waals surface area contributed by atoms with E-state index in [0.29, 0.717) is 12.0 Å². The van der Waals surface area contributed by atoms with Crippen LogP contribution in [0.1, 0.15) is 43.4 Å². The van der Waals surface area contributed by atoms with Crippen molar-refractivity contribution in [2.24, 2.45) is 5.92 Å². The van der Waals surface area contributed by atoms with E-state index >= 15 is 0 Å². The Morgan fingerprint density at radius 3 is 3.11 bits per heavy atom. The lowest BCUT2D eigenvalue weighted by molar-refractivity contribution is 0.177. The quantitative estimate of drug-likeness (QED) is 0.874. The molecule has 2 N–H and O–H groups in total. The van der Waals surface area contributed by atoms with E-state index in [2.05, 4.69) is 30.4 Å². The fourth-order valence-electron chi connectivity index (χ4n) is 3.17.